The number of nitrogens with one attached hydrogen (secondary N) is 1. The van der Waals surface area contributed by atoms with Crippen LogP contribution < -0.4 is 10.1 Å². The fraction of sp³-hybridized carbons (Fsp3) is 0.444. The van der Waals surface area contributed by atoms with Gasteiger partial charge in [-0.3, -0.25) is 14.7 Å². The number of ether oxygens (including phenoxy) is 1. The van der Waals surface area contributed by atoms with Gasteiger partial charge in [-0.1, -0.05) is 6.07 Å². The van der Waals surface area contributed by atoms with E-state index in [-0.39, 0.29) is 12.0 Å². The predicted octanol–water partition coefficient (Wildman–Crippen LogP) is 2.55. The van der Waals surface area contributed by atoms with Crippen molar-refractivity contribution in [3.8, 4) is 5.75 Å². The van der Waals surface area contributed by atoms with Crippen LogP contribution in [0.5, 0.6) is 5.75 Å². The van der Waals surface area contributed by atoms with Gasteiger partial charge in [-0.05, 0) is 37.0 Å². The Morgan fingerprint density at radius 2 is 2.25 bits per heavy atom. The molecule has 4 rings (SSSR count). The molecule has 2 heterocycles. The van der Waals surface area contributed by atoms with Gasteiger partial charge in [-0.15, -0.1) is 11.3 Å². The molecule has 0 unspecified atom stereocenters. The normalized spacial score (nSPS) is 18.2. The maximum absolute atomic E-state index is 12.1. The van der Waals surface area contributed by atoms with Crippen LogP contribution in [0.4, 0.5) is 0 Å². The zero-order valence-corrected chi connectivity index (χ0v) is 14.3. The SMILES string of the molecule is O=C(NCC1CC1)c1cccc(OC2CN(Cc3cncs3)C2)c1. The molecular weight excluding hydrogens is 322 g/mol. The van der Waals surface area contributed by atoms with Crippen molar-refractivity contribution < 1.29 is 9.53 Å². The van der Waals surface area contributed by atoms with E-state index in [1.807, 2.05) is 36.0 Å². The van der Waals surface area contributed by atoms with Crippen LogP contribution in [-0.2, 0) is 6.54 Å². The van der Waals surface area contributed by atoms with Crippen molar-refractivity contribution in [3.63, 3.8) is 0 Å². The predicted molar refractivity (Wildman–Crippen MR) is 93.3 cm³/mol. The highest BCUT2D eigenvalue weighted by Gasteiger charge is 2.28. The summed E-state index contributed by atoms with van der Waals surface area (Å²) in [6.45, 7) is 3.55. The highest BCUT2D eigenvalue weighted by molar-refractivity contribution is 7.09. The zero-order valence-electron chi connectivity index (χ0n) is 13.5. The summed E-state index contributed by atoms with van der Waals surface area (Å²) in [6.07, 6.45) is 4.59. The number of carbonyl (C=O) groups is 1. The lowest BCUT2D eigenvalue weighted by atomic mass is 10.1. The van der Waals surface area contributed by atoms with Crippen LogP contribution in [0.3, 0.4) is 0 Å². The number of hydrogen-bond donors (Lipinski definition) is 1. The van der Waals surface area contributed by atoms with Gasteiger partial charge in [0.05, 0.1) is 5.51 Å². The molecule has 2 fully saturated rings. The van der Waals surface area contributed by atoms with Crippen LogP contribution >= 0.6 is 11.3 Å². The molecular formula is C18H21N3O2S. The lowest BCUT2D eigenvalue weighted by Crippen LogP contribution is -2.52. The summed E-state index contributed by atoms with van der Waals surface area (Å²) in [4.78, 5) is 19.9. The van der Waals surface area contributed by atoms with Gasteiger partial charge in [0.15, 0.2) is 0 Å². The second kappa shape index (κ2) is 6.91. The maximum atomic E-state index is 12.1. The van der Waals surface area contributed by atoms with Crippen molar-refractivity contribution in [2.45, 2.75) is 25.5 Å². The Hall–Kier alpha value is -1.92. The molecule has 1 aromatic carbocycles. The molecule has 24 heavy (non-hydrogen) atoms. The van der Waals surface area contributed by atoms with Crippen molar-refractivity contribution in [1.82, 2.24) is 15.2 Å². The molecule has 0 radical (unpaired) electrons. The van der Waals surface area contributed by atoms with E-state index in [9.17, 15) is 4.79 Å². The maximum Gasteiger partial charge on any atom is 0.251 e. The van der Waals surface area contributed by atoms with E-state index in [4.69, 9.17) is 4.74 Å². The van der Waals surface area contributed by atoms with E-state index in [2.05, 4.69) is 15.2 Å². The number of likely N-dealkylation sites (tertiary alicyclic amines) is 1. The largest absolute Gasteiger partial charge is 0.488 e. The lowest BCUT2D eigenvalue weighted by molar-refractivity contribution is 0.0151. The van der Waals surface area contributed by atoms with Gasteiger partial charge < -0.3 is 10.1 Å². The first-order valence-corrected chi connectivity index (χ1v) is 9.29. The summed E-state index contributed by atoms with van der Waals surface area (Å²) in [7, 11) is 0. The van der Waals surface area contributed by atoms with E-state index < -0.39 is 0 Å². The number of thiazole rings is 1. The van der Waals surface area contributed by atoms with Crippen LogP contribution in [0.15, 0.2) is 36.0 Å². The number of amides is 1. The average Bonchev–Trinajstić information content (AvgIpc) is 3.25. The first kappa shape index (κ1) is 15.6. The van der Waals surface area contributed by atoms with E-state index >= 15 is 0 Å². The summed E-state index contributed by atoms with van der Waals surface area (Å²) >= 11 is 1.68. The number of aromatic nitrogens is 1. The molecule has 5 nitrogen and oxygen atoms in total. The minimum atomic E-state index is -0.00668. The molecule has 1 N–H and O–H groups in total. The summed E-state index contributed by atoms with van der Waals surface area (Å²) in [6, 6.07) is 7.48. The van der Waals surface area contributed by atoms with Gasteiger partial charge >= 0.3 is 0 Å². The number of hydrogen-bond acceptors (Lipinski definition) is 5. The summed E-state index contributed by atoms with van der Waals surface area (Å²) in [5.74, 6) is 1.46. The summed E-state index contributed by atoms with van der Waals surface area (Å²) in [5.41, 5.74) is 2.54. The van der Waals surface area contributed by atoms with Gasteiger partial charge in [-0.25, -0.2) is 0 Å². The highest BCUT2D eigenvalue weighted by atomic mass is 32.1. The Balaban J connectivity index is 1.26. The molecule has 2 aromatic rings. The first-order valence-electron chi connectivity index (χ1n) is 8.41. The van der Waals surface area contributed by atoms with Crippen molar-refractivity contribution >= 4 is 17.2 Å². The fourth-order valence-electron chi connectivity index (χ4n) is 2.83. The third-order valence-electron chi connectivity index (χ3n) is 4.43. The Kier molecular flexibility index (Phi) is 4.49. The average molecular weight is 343 g/mol. The molecule has 126 valence electrons. The molecule has 1 aromatic heterocycles. The van der Waals surface area contributed by atoms with Gasteiger partial charge in [0.2, 0.25) is 0 Å². The van der Waals surface area contributed by atoms with E-state index in [0.717, 1.165) is 31.9 Å². The molecule has 2 aliphatic rings. The molecule has 0 spiro atoms. The zero-order chi connectivity index (χ0) is 16.4. The Morgan fingerprint density at radius 1 is 1.38 bits per heavy atom. The number of carbonyl (C=O) groups excluding carboxylic acids is 1. The lowest BCUT2D eigenvalue weighted by Gasteiger charge is -2.38. The van der Waals surface area contributed by atoms with Crippen LogP contribution in [0.25, 0.3) is 0 Å². The van der Waals surface area contributed by atoms with Crippen molar-refractivity contribution in [1.29, 1.82) is 0 Å². The van der Waals surface area contributed by atoms with Crippen LogP contribution in [-0.4, -0.2) is 41.5 Å². The molecule has 1 saturated carbocycles. The fourth-order valence-corrected chi connectivity index (χ4v) is 3.47. The van der Waals surface area contributed by atoms with Gasteiger partial charge in [0, 0.05) is 42.8 Å². The monoisotopic (exact) mass is 343 g/mol. The Bertz CT molecular complexity index is 694. The summed E-state index contributed by atoms with van der Waals surface area (Å²) in [5, 5.41) is 2.99. The van der Waals surface area contributed by atoms with Crippen molar-refractivity contribution in [3.05, 3.63) is 46.4 Å². The third kappa shape index (κ3) is 3.94. The Morgan fingerprint density at radius 3 is 3.00 bits per heavy atom. The molecule has 1 amide bonds. The third-order valence-corrected chi connectivity index (χ3v) is 5.20. The quantitative estimate of drug-likeness (QED) is 0.839. The van der Waals surface area contributed by atoms with E-state index in [0.29, 0.717) is 11.5 Å². The standard InChI is InChI=1S/C18H21N3O2S/c22-18(20-7-13-4-5-13)14-2-1-3-15(6-14)23-16-9-21(10-16)11-17-8-19-12-24-17/h1-3,6,8,12-13,16H,4-5,7,9-11H2,(H,20,22). The van der Waals surface area contributed by atoms with E-state index in [1.165, 1.54) is 17.7 Å². The summed E-state index contributed by atoms with van der Waals surface area (Å²) < 4.78 is 5.99. The molecule has 1 saturated heterocycles. The topological polar surface area (TPSA) is 54.5 Å². The van der Waals surface area contributed by atoms with Gasteiger partial charge in [0.25, 0.3) is 5.91 Å². The molecule has 1 aliphatic heterocycles. The van der Waals surface area contributed by atoms with Gasteiger partial charge in [-0.2, -0.15) is 0 Å². The molecule has 6 heteroatoms. The highest BCUT2D eigenvalue weighted by Crippen LogP contribution is 2.27. The van der Waals surface area contributed by atoms with Crippen molar-refractivity contribution in [2.24, 2.45) is 5.92 Å². The van der Waals surface area contributed by atoms with Crippen molar-refractivity contribution in [2.75, 3.05) is 19.6 Å². The molecule has 1 aliphatic carbocycles. The number of benzene rings is 1. The smallest absolute Gasteiger partial charge is 0.251 e. The molecule has 0 bridgehead atoms. The number of nitrogens with zero attached hydrogens (tertiary/aromatic N) is 2. The number of rotatable bonds is 7. The van der Waals surface area contributed by atoms with E-state index in [1.54, 1.807) is 11.3 Å². The molecule has 0 atom stereocenters. The second-order valence-corrected chi connectivity index (χ2v) is 7.55. The Labute approximate surface area is 145 Å². The van der Waals surface area contributed by atoms with Crippen LogP contribution in [0.2, 0.25) is 0 Å². The minimum Gasteiger partial charge on any atom is -0.488 e. The van der Waals surface area contributed by atoms with Gasteiger partial charge in [0.1, 0.15) is 11.9 Å². The van der Waals surface area contributed by atoms with Crippen LogP contribution in [0.1, 0.15) is 28.1 Å². The van der Waals surface area contributed by atoms with Crippen LogP contribution in [0, 0.1) is 5.92 Å². The minimum absolute atomic E-state index is 0.00668. The first-order chi connectivity index (χ1) is 11.8. The second-order valence-electron chi connectivity index (χ2n) is 6.58.